The summed E-state index contributed by atoms with van der Waals surface area (Å²) in [6, 6.07) is 7.67. The Kier molecular flexibility index (Phi) is 3.55. The number of aryl methyl sites for hydroxylation is 1. The minimum absolute atomic E-state index is 0.296. The zero-order valence-corrected chi connectivity index (χ0v) is 11.0. The minimum atomic E-state index is -0.296. The molecule has 0 N–H and O–H groups in total. The van der Waals surface area contributed by atoms with Gasteiger partial charge < -0.3 is 14.2 Å². The van der Waals surface area contributed by atoms with Crippen molar-refractivity contribution in [3.8, 4) is 5.75 Å². The molecule has 1 heterocycles. The van der Waals surface area contributed by atoms with Gasteiger partial charge >= 0.3 is 6.09 Å². The van der Waals surface area contributed by atoms with Crippen LogP contribution in [-0.2, 0) is 7.05 Å². The lowest BCUT2D eigenvalue weighted by Gasteiger charge is -2.17. The Hall–Kier alpha value is -1.97. The molecule has 1 aromatic heterocycles. The molecule has 0 aliphatic heterocycles. The monoisotopic (exact) mass is 246 g/mol. The van der Waals surface area contributed by atoms with Gasteiger partial charge in [-0.05, 0) is 38.1 Å². The molecule has 0 bridgehead atoms. The first-order valence-electron chi connectivity index (χ1n) is 6.17. The number of amides is 1. The fourth-order valence-electron chi connectivity index (χ4n) is 1.97. The lowest BCUT2D eigenvalue weighted by Crippen LogP contribution is -2.33. The van der Waals surface area contributed by atoms with Crippen molar-refractivity contribution in [3.05, 3.63) is 30.5 Å². The summed E-state index contributed by atoms with van der Waals surface area (Å²) in [7, 11) is 1.99. The molecule has 0 atom stereocenters. The van der Waals surface area contributed by atoms with E-state index in [-0.39, 0.29) is 6.09 Å². The molecule has 0 fully saturated rings. The molecule has 4 heteroatoms. The molecule has 0 radical (unpaired) electrons. The van der Waals surface area contributed by atoms with Crippen LogP contribution in [0.25, 0.3) is 10.9 Å². The first-order chi connectivity index (χ1) is 8.65. The van der Waals surface area contributed by atoms with Crippen LogP contribution in [0, 0.1) is 0 Å². The van der Waals surface area contributed by atoms with Crippen molar-refractivity contribution in [2.45, 2.75) is 13.8 Å². The summed E-state index contributed by atoms with van der Waals surface area (Å²) in [4.78, 5) is 13.5. The lowest BCUT2D eigenvalue weighted by atomic mass is 10.2. The molecule has 0 saturated carbocycles. The quantitative estimate of drug-likeness (QED) is 0.834. The second kappa shape index (κ2) is 5.12. The molecule has 2 aromatic rings. The average molecular weight is 246 g/mol. The lowest BCUT2D eigenvalue weighted by molar-refractivity contribution is 0.157. The molecule has 1 aromatic carbocycles. The van der Waals surface area contributed by atoms with E-state index in [0.717, 1.165) is 10.9 Å². The van der Waals surface area contributed by atoms with Gasteiger partial charge in [-0.3, -0.25) is 0 Å². The Labute approximate surface area is 107 Å². The number of rotatable bonds is 3. The highest BCUT2D eigenvalue weighted by Crippen LogP contribution is 2.21. The topological polar surface area (TPSA) is 34.5 Å². The maximum Gasteiger partial charge on any atom is 0.415 e. The van der Waals surface area contributed by atoms with Gasteiger partial charge in [-0.1, -0.05) is 0 Å². The van der Waals surface area contributed by atoms with E-state index in [4.69, 9.17) is 4.74 Å². The van der Waals surface area contributed by atoms with Crippen molar-refractivity contribution in [1.29, 1.82) is 0 Å². The van der Waals surface area contributed by atoms with Crippen molar-refractivity contribution in [1.82, 2.24) is 9.47 Å². The van der Waals surface area contributed by atoms with Gasteiger partial charge in [-0.25, -0.2) is 4.79 Å². The summed E-state index contributed by atoms with van der Waals surface area (Å²) in [5.41, 5.74) is 1.12. The third-order valence-electron chi connectivity index (χ3n) is 3.08. The smallest absolute Gasteiger partial charge is 0.410 e. The van der Waals surface area contributed by atoms with E-state index in [1.165, 1.54) is 0 Å². The van der Waals surface area contributed by atoms with Crippen molar-refractivity contribution in [2.24, 2.45) is 7.05 Å². The van der Waals surface area contributed by atoms with E-state index in [2.05, 4.69) is 0 Å². The van der Waals surface area contributed by atoms with E-state index in [1.54, 1.807) is 4.90 Å². The third kappa shape index (κ3) is 2.32. The predicted octanol–water partition coefficient (Wildman–Crippen LogP) is 3.02. The van der Waals surface area contributed by atoms with Crippen molar-refractivity contribution in [3.63, 3.8) is 0 Å². The Morgan fingerprint density at radius 3 is 2.67 bits per heavy atom. The zero-order valence-electron chi connectivity index (χ0n) is 11.0. The number of hydrogen-bond acceptors (Lipinski definition) is 2. The first-order valence-corrected chi connectivity index (χ1v) is 6.17. The van der Waals surface area contributed by atoms with Crippen LogP contribution in [0.1, 0.15) is 13.8 Å². The molecule has 0 aliphatic rings. The standard InChI is InChI=1S/C14H18N2O2/c1-4-16(5-2)14(17)18-12-6-7-13-11(10-12)8-9-15(13)3/h6-10H,4-5H2,1-3H3. The molecular formula is C14H18N2O2. The Morgan fingerprint density at radius 2 is 2.00 bits per heavy atom. The highest BCUT2D eigenvalue weighted by molar-refractivity contribution is 5.82. The van der Waals surface area contributed by atoms with Gasteiger partial charge in [0.25, 0.3) is 0 Å². The molecule has 0 aliphatic carbocycles. The van der Waals surface area contributed by atoms with Gasteiger partial charge in [-0.2, -0.15) is 0 Å². The van der Waals surface area contributed by atoms with Crippen molar-refractivity contribution >= 4 is 17.0 Å². The molecule has 0 unspecified atom stereocenters. The van der Waals surface area contributed by atoms with E-state index in [0.29, 0.717) is 18.8 Å². The maximum absolute atomic E-state index is 11.8. The van der Waals surface area contributed by atoms with Crippen LogP contribution in [0.5, 0.6) is 5.75 Å². The first kappa shape index (κ1) is 12.5. The number of carbonyl (C=O) groups excluding carboxylic acids is 1. The van der Waals surface area contributed by atoms with Crippen LogP contribution in [0.2, 0.25) is 0 Å². The van der Waals surface area contributed by atoms with Crippen LogP contribution < -0.4 is 4.74 Å². The molecule has 18 heavy (non-hydrogen) atoms. The van der Waals surface area contributed by atoms with E-state index in [1.807, 2.05) is 55.9 Å². The van der Waals surface area contributed by atoms with Crippen molar-refractivity contribution < 1.29 is 9.53 Å². The van der Waals surface area contributed by atoms with Crippen LogP contribution >= 0.6 is 0 Å². The highest BCUT2D eigenvalue weighted by atomic mass is 16.6. The SMILES string of the molecule is CCN(CC)C(=O)Oc1ccc2c(ccn2C)c1. The summed E-state index contributed by atoms with van der Waals surface area (Å²) in [5.74, 6) is 0.589. The minimum Gasteiger partial charge on any atom is -0.410 e. The van der Waals surface area contributed by atoms with Gasteiger partial charge in [0, 0.05) is 37.2 Å². The number of benzene rings is 1. The summed E-state index contributed by atoms with van der Waals surface area (Å²) in [6.45, 7) is 5.18. The van der Waals surface area contributed by atoms with Gasteiger partial charge in [0.2, 0.25) is 0 Å². The summed E-state index contributed by atoms with van der Waals surface area (Å²) in [5, 5.41) is 1.07. The predicted molar refractivity (Wildman–Crippen MR) is 71.9 cm³/mol. The number of fused-ring (bicyclic) bond motifs is 1. The molecule has 96 valence electrons. The fourth-order valence-corrected chi connectivity index (χ4v) is 1.97. The molecular weight excluding hydrogens is 228 g/mol. The van der Waals surface area contributed by atoms with Crippen molar-refractivity contribution in [2.75, 3.05) is 13.1 Å². The molecule has 0 saturated heterocycles. The summed E-state index contributed by atoms with van der Waals surface area (Å²) < 4.78 is 7.39. The van der Waals surface area contributed by atoms with Crippen LogP contribution in [0.3, 0.4) is 0 Å². The number of nitrogens with zero attached hydrogens (tertiary/aromatic N) is 2. The normalized spacial score (nSPS) is 10.6. The zero-order chi connectivity index (χ0) is 13.1. The molecule has 1 amide bonds. The van der Waals surface area contributed by atoms with Gasteiger partial charge in [-0.15, -0.1) is 0 Å². The Bertz CT molecular complexity index is 556. The fraction of sp³-hybridized carbons (Fsp3) is 0.357. The van der Waals surface area contributed by atoms with E-state index < -0.39 is 0 Å². The largest absolute Gasteiger partial charge is 0.415 e. The van der Waals surface area contributed by atoms with E-state index in [9.17, 15) is 4.79 Å². The number of aromatic nitrogens is 1. The molecule has 2 rings (SSSR count). The maximum atomic E-state index is 11.8. The second-order valence-electron chi connectivity index (χ2n) is 4.19. The number of hydrogen-bond donors (Lipinski definition) is 0. The summed E-state index contributed by atoms with van der Waals surface area (Å²) >= 11 is 0. The number of carbonyl (C=O) groups is 1. The van der Waals surface area contributed by atoms with E-state index >= 15 is 0 Å². The average Bonchev–Trinajstić information content (AvgIpc) is 2.72. The molecule has 4 nitrogen and oxygen atoms in total. The second-order valence-corrected chi connectivity index (χ2v) is 4.19. The van der Waals surface area contributed by atoms with Gasteiger partial charge in [0.15, 0.2) is 0 Å². The highest BCUT2D eigenvalue weighted by Gasteiger charge is 2.12. The number of ether oxygens (including phenoxy) is 1. The Morgan fingerprint density at radius 1 is 1.28 bits per heavy atom. The van der Waals surface area contributed by atoms with Gasteiger partial charge in [0.1, 0.15) is 5.75 Å². The third-order valence-corrected chi connectivity index (χ3v) is 3.08. The Balaban J connectivity index is 2.19. The van der Waals surface area contributed by atoms with Gasteiger partial charge in [0.05, 0.1) is 0 Å². The van der Waals surface area contributed by atoms with Crippen LogP contribution in [0.4, 0.5) is 4.79 Å². The van der Waals surface area contributed by atoms with Crippen LogP contribution in [0.15, 0.2) is 30.5 Å². The van der Waals surface area contributed by atoms with Crippen LogP contribution in [-0.4, -0.2) is 28.6 Å². The molecule has 0 spiro atoms. The summed E-state index contributed by atoms with van der Waals surface area (Å²) in [6.07, 6.45) is 1.69.